The average Bonchev–Trinajstić information content (AvgIpc) is 2.79. The third kappa shape index (κ3) is 7.34. The summed E-state index contributed by atoms with van der Waals surface area (Å²) in [4.78, 5) is 12.9. The van der Waals surface area contributed by atoms with Gasteiger partial charge in [0.05, 0.1) is 6.54 Å². The third-order valence-electron chi connectivity index (χ3n) is 5.56. The molecule has 0 aliphatic carbocycles. The molecule has 6 heteroatoms. The molecule has 2 heterocycles. The summed E-state index contributed by atoms with van der Waals surface area (Å²) < 4.78 is 0. The summed E-state index contributed by atoms with van der Waals surface area (Å²) in [7, 11) is 0. The van der Waals surface area contributed by atoms with Gasteiger partial charge in [-0.3, -0.25) is 4.90 Å². The summed E-state index contributed by atoms with van der Waals surface area (Å²) in [6, 6.07) is 12.2. The summed E-state index contributed by atoms with van der Waals surface area (Å²) in [5.74, 6) is 7.97. The fourth-order valence-corrected chi connectivity index (χ4v) is 3.86. The van der Waals surface area contributed by atoms with E-state index in [9.17, 15) is 5.11 Å². The molecule has 32 heavy (non-hydrogen) atoms. The van der Waals surface area contributed by atoms with Gasteiger partial charge < -0.3 is 10.0 Å². The second-order valence-corrected chi connectivity index (χ2v) is 9.67. The fraction of sp³-hybridized carbons (Fsp3) is 0.500. The molecule has 0 unspecified atom stereocenters. The van der Waals surface area contributed by atoms with Gasteiger partial charge in [0.15, 0.2) is 0 Å². The SMILES string of the molecule is CC(C)(C)CN(Cc1ccc(C#CCN2CCC(CO)CC2)cc1)c1ccnc(C#N)n1. The van der Waals surface area contributed by atoms with E-state index >= 15 is 0 Å². The first kappa shape index (κ1) is 23.7. The Kier molecular flexibility index (Phi) is 8.22. The topological polar surface area (TPSA) is 76.3 Å². The molecule has 168 valence electrons. The lowest BCUT2D eigenvalue weighted by atomic mass is 9.95. The standard InChI is InChI=1S/C26H33N5O/c1-26(2,3)20-31(25-10-13-28-24(17-27)29-25)18-22-8-6-21(7-9-22)5-4-14-30-15-11-23(19-32)12-16-30/h6-10,13,23,32H,11-12,14-16,18-20H2,1-3H3. The highest BCUT2D eigenvalue weighted by atomic mass is 16.3. The minimum Gasteiger partial charge on any atom is -0.396 e. The summed E-state index contributed by atoms with van der Waals surface area (Å²) >= 11 is 0. The zero-order chi connectivity index (χ0) is 23.0. The van der Waals surface area contributed by atoms with Crippen molar-refractivity contribution in [3.63, 3.8) is 0 Å². The Morgan fingerprint density at radius 2 is 1.88 bits per heavy atom. The van der Waals surface area contributed by atoms with Crippen LogP contribution in [0.15, 0.2) is 36.5 Å². The van der Waals surface area contributed by atoms with Crippen molar-refractivity contribution in [1.82, 2.24) is 14.9 Å². The van der Waals surface area contributed by atoms with Gasteiger partial charge in [-0.2, -0.15) is 5.26 Å². The van der Waals surface area contributed by atoms with E-state index in [1.165, 1.54) is 5.56 Å². The van der Waals surface area contributed by atoms with Crippen molar-refractivity contribution in [3.8, 4) is 17.9 Å². The van der Waals surface area contributed by atoms with Gasteiger partial charge in [-0.05, 0) is 61.0 Å². The van der Waals surface area contributed by atoms with E-state index in [1.807, 2.05) is 12.1 Å². The molecule has 1 N–H and O–H groups in total. The molecule has 1 aliphatic heterocycles. The van der Waals surface area contributed by atoms with Crippen molar-refractivity contribution in [1.29, 1.82) is 5.26 Å². The number of likely N-dealkylation sites (tertiary alicyclic amines) is 1. The summed E-state index contributed by atoms with van der Waals surface area (Å²) in [5, 5.41) is 18.4. The molecule has 1 aromatic carbocycles. The highest BCUT2D eigenvalue weighted by Gasteiger charge is 2.19. The lowest BCUT2D eigenvalue weighted by molar-refractivity contribution is 0.140. The Balaban J connectivity index is 1.63. The largest absolute Gasteiger partial charge is 0.396 e. The first-order valence-corrected chi connectivity index (χ1v) is 11.3. The maximum Gasteiger partial charge on any atom is 0.234 e. The van der Waals surface area contributed by atoms with E-state index in [-0.39, 0.29) is 11.2 Å². The molecule has 1 aliphatic rings. The van der Waals surface area contributed by atoms with Crippen LogP contribution in [0.1, 0.15) is 50.6 Å². The fourth-order valence-electron chi connectivity index (χ4n) is 3.86. The van der Waals surface area contributed by atoms with Crippen LogP contribution in [0.5, 0.6) is 0 Å². The van der Waals surface area contributed by atoms with Crippen LogP contribution < -0.4 is 4.90 Å². The van der Waals surface area contributed by atoms with E-state index in [4.69, 9.17) is 5.26 Å². The predicted octanol–water partition coefficient (Wildman–Crippen LogP) is 3.46. The van der Waals surface area contributed by atoms with Crippen molar-refractivity contribution in [2.24, 2.45) is 11.3 Å². The maximum absolute atomic E-state index is 9.25. The average molecular weight is 432 g/mol. The van der Waals surface area contributed by atoms with Gasteiger partial charge in [0.25, 0.3) is 0 Å². The number of aliphatic hydroxyl groups excluding tert-OH is 1. The molecule has 2 aromatic rings. The number of nitrogens with zero attached hydrogens (tertiary/aromatic N) is 5. The minimum absolute atomic E-state index is 0.0782. The number of hydrogen-bond acceptors (Lipinski definition) is 6. The van der Waals surface area contributed by atoms with Crippen molar-refractivity contribution in [2.45, 2.75) is 40.2 Å². The van der Waals surface area contributed by atoms with Gasteiger partial charge in [0, 0.05) is 31.5 Å². The number of benzene rings is 1. The minimum atomic E-state index is 0.0782. The van der Waals surface area contributed by atoms with Crippen LogP contribution in [0.2, 0.25) is 0 Å². The first-order chi connectivity index (χ1) is 15.4. The van der Waals surface area contributed by atoms with Crippen molar-refractivity contribution >= 4 is 5.82 Å². The molecule has 1 saturated heterocycles. The van der Waals surface area contributed by atoms with Gasteiger partial charge in [-0.1, -0.05) is 44.7 Å². The Hall–Kier alpha value is -2.93. The molecular formula is C26H33N5O. The van der Waals surface area contributed by atoms with Gasteiger partial charge in [-0.15, -0.1) is 0 Å². The van der Waals surface area contributed by atoms with Crippen LogP contribution >= 0.6 is 0 Å². The number of piperidine rings is 1. The molecule has 1 aromatic heterocycles. The quantitative estimate of drug-likeness (QED) is 0.706. The van der Waals surface area contributed by atoms with Crippen LogP contribution in [0.4, 0.5) is 5.82 Å². The number of rotatable bonds is 6. The second-order valence-electron chi connectivity index (χ2n) is 9.67. The summed E-state index contributed by atoms with van der Waals surface area (Å²) in [6.07, 6.45) is 3.75. The Bertz CT molecular complexity index is 970. The predicted molar refractivity (Wildman–Crippen MR) is 127 cm³/mol. The normalized spacial score (nSPS) is 15.0. The zero-order valence-electron chi connectivity index (χ0n) is 19.4. The van der Waals surface area contributed by atoms with E-state index < -0.39 is 0 Å². The third-order valence-corrected chi connectivity index (χ3v) is 5.56. The first-order valence-electron chi connectivity index (χ1n) is 11.3. The second kappa shape index (κ2) is 11.1. The van der Waals surface area contributed by atoms with E-state index in [0.29, 0.717) is 19.1 Å². The number of hydrogen-bond donors (Lipinski definition) is 1. The summed E-state index contributed by atoms with van der Waals surface area (Å²) in [5.41, 5.74) is 2.26. The molecule has 1 fully saturated rings. The van der Waals surface area contributed by atoms with Crippen LogP contribution in [0, 0.1) is 34.5 Å². The Morgan fingerprint density at radius 3 is 2.50 bits per heavy atom. The highest BCUT2D eigenvalue weighted by molar-refractivity contribution is 5.42. The monoisotopic (exact) mass is 431 g/mol. The highest BCUT2D eigenvalue weighted by Crippen LogP contribution is 2.22. The van der Waals surface area contributed by atoms with E-state index in [2.05, 4.69) is 76.6 Å². The molecule has 0 bridgehead atoms. The van der Waals surface area contributed by atoms with Gasteiger partial charge in [0.2, 0.25) is 5.82 Å². The molecule has 0 amide bonds. The molecule has 0 spiro atoms. The van der Waals surface area contributed by atoms with Crippen LogP contribution in [0.25, 0.3) is 0 Å². The smallest absolute Gasteiger partial charge is 0.234 e. The number of aliphatic hydroxyl groups is 1. The van der Waals surface area contributed by atoms with Gasteiger partial charge in [0.1, 0.15) is 11.9 Å². The molecule has 6 nitrogen and oxygen atoms in total. The molecule has 3 rings (SSSR count). The van der Waals surface area contributed by atoms with Crippen LogP contribution in [-0.4, -0.2) is 52.8 Å². The summed E-state index contributed by atoms with van der Waals surface area (Å²) in [6.45, 7) is 11.2. The molecule has 0 radical (unpaired) electrons. The lowest BCUT2D eigenvalue weighted by Gasteiger charge is -2.31. The molecule has 0 saturated carbocycles. The van der Waals surface area contributed by atoms with Crippen molar-refractivity contribution < 1.29 is 5.11 Å². The van der Waals surface area contributed by atoms with Gasteiger partial charge >= 0.3 is 0 Å². The van der Waals surface area contributed by atoms with E-state index in [1.54, 1.807) is 6.20 Å². The van der Waals surface area contributed by atoms with E-state index in [0.717, 1.165) is 50.4 Å². The van der Waals surface area contributed by atoms with Crippen molar-refractivity contribution in [3.05, 3.63) is 53.5 Å². The lowest BCUT2D eigenvalue weighted by Crippen LogP contribution is -2.34. The zero-order valence-corrected chi connectivity index (χ0v) is 19.4. The van der Waals surface area contributed by atoms with Crippen LogP contribution in [-0.2, 0) is 6.54 Å². The van der Waals surface area contributed by atoms with Crippen LogP contribution in [0.3, 0.4) is 0 Å². The molecule has 0 atom stereocenters. The number of anilines is 1. The number of nitriles is 1. The Labute approximate surface area is 191 Å². The molecular weight excluding hydrogens is 398 g/mol. The van der Waals surface area contributed by atoms with Crippen molar-refractivity contribution in [2.75, 3.05) is 37.7 Å². The number of aromatic nitrogens is 2. The Morgan fingerprint density at radius 1 is 1.16 bits per heavy atom. The maximum atomic E-state index is 9.25. The van der Waals surface area contributed by atoms with Gasteiger partial charge in [-0.25, -0.2) is 9.97 Å².